The van der Waals surface area contributed by atoms with Crippen LogP contribution in [0.2, 0.25) is 0 Å². The minimum absolute atomic E-state index is 0.0373. The molecule has 0 radical (unpaired) electrons. The molecule has 1 atom stereocenters. The normalized spacial score (nSPS) is 17.2. The molecule has 170 valence electrons. The Kier molecular flexibility index (Phi) is 6.90. The monoisotopic (exact) mass is 477 g/mol. The molecule has 0 saturated heterocycles. The molecule has 32 heavy (non-hydrogen) atoms. The van der Waals surface area contributed by atoms with Gasteiger partial charge in [-0.25, -0.2) is 0 Å². The third kappa shape index (κ3) is 4.86. The molecule has 2 aliphatic rings. The number of fused-ring (bicyclic) bond motifs is 2. The van der Waals surface area contributed by atoms with Gasteiger partial charge in [0.05, 0.1) is 25.1 Å². The summed E-state index contributed by atoms with van der Waals surface area (Å²) in [5, 5.41) is 2.35. The van der Waals surface area contributed by atoms with Crippen LogP contribution in [-0.4, -0.2) is 37.4 Å². The van der Waals surface area contributed by atoms with E-state index in [0.717, 1.165) is 5.56 Å². The molecule has 0 aromatic heterocycles. The van der Waals surface area contributed by atoms with E-state index in [1.165, 1.54) is 11.8 Å². The summed E-state index contributed by atoms with van der Waals surface area (Å²) in [5.41, 5.74) is 2.50. The smallest absolute Gasteiger partial charge is 0.335 e. The number of thioether (sulfide) groups is 1. The lowest BCUT2D eigenvalue weighted by Gasteiger charge is -2.24. The van der Waals surface area contributed by atoms with Crippen LogP contribution < -0.4 is 14.8 Å². The number of benzene rings is 2. The lowest BCUT2D eigenvalue weighted by molar-refractivity contribution is -0.115. The summed E-state index contributed by atoms with van der Waals surface area (Å²) >= 11 is 1.28. The average molecular weight is 477 g/mol. The Labute approximate surface area is 190 Å². The van der Waals surface area contributed by atoms with Crippen molar-refractivity contribution in [1.82, 2.24) is 0 Å². The average Bonchev–Trinajstić information content (AvgIpc) is 3.22. The molecule has 0 saturated carbocycles. The van der Waals surface area contributed by atoms with E-state index in [1.807, 2.05) is 0 Å². The molecule has 2 aromatic carbocycles. The second-order valence-electron chi connectivity index (χ2n) is 7.20. The molecule has 2 aliphatic heterocycles. The number of hydrogen-bond donors (Lipinski definition) is 1. The molecule has 0 spiro atoms. The number of nitrogens with one attached hydrogen (secondary N) is 1. The molecule has 1 N–H and O–H groups in total. The molecule has 0 aliphatic carbocycles. The topological polar surface area (TPSA) is 100 Å². The van der Waals surface area contributed by atoms with Gasteiger partial charge in [-0.05, 0) is 49.2 Å². The van der Waals surface area contributed by atoms with E-state index < -0.39 is 12.8 Å². The second kappa shape index (κ2) is 9.67. The van der Waals surface area contributed by atoms with Crippen LogP contribution in [0.3, 0.4) is 0 Å². The van der Waals surface area contributed by atoms with Crippen molar-refractivity contribution in [2.75, 3.05) is 31.1 Å². The Bertz CT molecular complexity index is 1060. The van der Waals surface area contributed by atoms with Gasteiger partial charge >= 0.3 is 7.60 Å². The van der Waals surface area contributed by atoms with E-state index in [0.29, 0.717) is 41.5 Å². The van der Waals surface area contributed by atoms with Gasteiger partial charge in [-0.15, -0.1) is 11.8 Å². The maximum Gasteiger partial charge on any atom is 0.335 e. The van der Waals surface area contributed by atoms with E-state index in [4.69, 9.17) is 18.5 Å². The van der Waals surface area contributed by atoms with Crippen LogP contribution in [0.5, 0.6) is 11.5 Å². The number of carbonyl (C=O) groups excluding carboxylic acids is 2. The van der Waals surface area contributed by atoms with E-state index in [-0.39, 0.29) is 30.4 Å². The third-order valence-corrected chi connectivity index (χ3v) is 8.28. The van der Waals surface area contributed by atoms with Crippen LogP contribution in [0.25, 0.3) is 0 Å². The van der Waals surface area contributed by atoms with Crippen molar-refractivity contribution < 1.29 is 32.7 Å². The van der Waals surface area contributed by atoms with Crippen LogP contribution in [0.4, 0.5) is 5.69 Å². The first-order valence-corrected chi connectivity index (χ1v) is 13.1. The Hall–Kier alpha value is -2.32. The maximum atomic E-state index is 13.0. The Morgan fingerprint density at radius 2 is 1.78 bits per heavy atom. The van der Waals surface area contributed by atoms with Gasteiger partial charge in [-0.1, -0.05) is 12.1 Å². The van der Waals surface area contributed by atoms with Crippen molar-refractivity contribution in [3.05, 3.63) is 53.1 Å². The third-order valence-electron chi connectivity index (χ3n) is 5.00. The first-order valence-electron chi connectivity index (χ1n) is 10.3. The fourth-order valence-electron chi connectivity index (χ4n) is 3.61. The minimum atomic E-state index is -3.20. The van der Waals surface area contributed by atoms with Crippen molar-refractivity contribution in [2.45, 2.75) is 25.3 Å². The number of hydrogen-bond acceptors (Lipinski definition) is 8. The minimum Gasteiger partial charge on any atom is -0.454 e. The summed E-state index contributed by atoms with van der Waals surface area (Å²) < 4.78 is 34.2. The van der Waals surface area contributed by atoms with Crippen molar-refractivity contribution in [3.63, 3.8) is 0 Å². The van der Waals surface area contributed by atoms with E-state index >= 15 is 0 Å². The van der Waals surface area contributed by atoms with E-state index in [1.54, 1.807) is 50.2 Å². The number of ether oxygens (including phenoxy) is 2. The summed E-state index contributed by atoms with van der Waals surface area (Å²) in [7, 11) is -3.20. The first kappa shape index (κ1) is 22.9. The van der Waals surface area contributed by atoms with Crippen molar-refractivity contribution in [3.8, 4) is 11.5 Å². The number of Topliss-reactive ketones (excluding diaryl/α,β-unsaturated/α-hetero) is 1. The van der Waals surface area contributed by atoms with Gasteiger partial charge < -0.3 is 23.8 Å². The van der Waals surface area contributed by atoms with Gasteiger partial charge in [0.25, 0.3) is 0 Å². The zero-order valence-electron chi connectivity index (χ0n) is 17.8. The predicted octanol–water partition coefficient (Wildman–Crippen LogP) is 4.79. The highest BCUT2D eigenvalue weighted by Crippen LogP contribution is 2.51. The molecule has 2 heterocycles. The van der Waals surface area contributed by atoms with Crippen LogP contribution in [0.1, 0.15) is 40.6 Å². The van der Waals surface area contributed by atoms with Crippen molar-refractivity contribution in [2.24, 2.45) is 0 Å². The summed E-state index contributed by atoms with van der Waals surface area (Å²) in [4.78, 5) is 25.4. The fraction of sp³-hybridized carbons (Fsp3) is 0.364. The second-order valence-corrected chi connectivity index (χ2v) is 10.3. The number of anilines is 1. The molecular weight excluding hydrogens is 453 g/mol. The van der Waals surface area contributed by atoms with Gasteiger partial charge in [0.2, 0.25) is 12.7 Å². The molecule has 8 nitrogen and oxygen atoms in total. The molecule has 1 amide bonds. The van der Waals surface area contributed by atoms with Crippen molar-refractivity contribution >= 4 is 36.7 Å². The lowest BCUT2D eigenvalue weighted by Crippen LogP contribution is -2.25. The van der Waals surface area contributed by atoms with E-state index in [2.05, 4.69) is 5.32 Å². The molecular formula is C22H24NO7PS. The number of rotatable bonds is 8. The first-order chi connectivity index (χ1) is 15.4. The van der Waals surface area contributed by atoms with Gasteiger partial charge in [-0.2, -0.15) is 0 Å². The van der Waals surface area contributed by atoms with Gasteiger partial charge in [0.1, 0.15) is 5.25 Å². The molecule has 0 bridgehead atoms. The standard InChI is InChI=1S/C22H24NO7PS/c1-3-29-31(26,30-4-2)11-14-5-7-15(8-6-14)23-22(25)21-17-10-20-19(27-13-28-20)9-16(17)18(24)12-32-21/h5-10,21H,3-4,11-13H2,1-2H3,(H,23,25). The van der Waals surface area contributed by atoms with E-state index in [9.17, 15) is 14.2 Å². The summed E-state index contributed by atoms with van der Waals surface area (Å²) in [6.07, 6.45) is 0.157. The Balaban J connectivity index is 1.48. The molecule has 4 rings (SSSR count). The summed E-state index contributed by atoms with van der Waals surface area (Å²) in [6.45, 7) is 4.24. The molecule has 2 aromatic rings. The number of ketones is 1. The zero-order valence-corrected chi connectivity index (χ0v) is 19.5. The van der Waals surface area contributed by atoms with Crippen LogP contribution in [-0.2, 0) is 24.6 Å². The Morgan fingerprint density at radius 1 is 1.12 bits per heavy atom. The lowest BCUT2D eigenvalue weighted by atomic mass is 9.99. The van der Waals surface area contributed by atoms with Crippen molar-refractivity contribution in [1.29, 1.82) is 0 Å². The largest absolute Gasteiger partial charge is 0.454 e. The molecule has 10 heteroatoms. The highest BCUT2D eigenvalue weighted by molar-refractivity contribution is 8.01. The Morgan fingerprint density at radius 3 is 2.44 bits per heavy atom. The predicted molar refractivity (Wildman–Crippen MR) is 122 cm³/mol. The SMILES string of the molecule is CCOP(=O)(Cc1ccc(NC(=O)C2SCC(=O)c3cc4c(cc32)OCO4)cc1)OCC. The summed E-state index contributed by atoms with van der Waals surface area (Å²) in [6, 6.07) is 10.4. The summed E-state index contributed by atoms with van der Waals surface area (Å²) in [5.74, 6) is 1.01. The van der Waals surface area contributed by atoms with Crippen LogP contribution in [0.15, 0.2) is 36.4 Å². The van der Waals surface area contributed by atoms with Gasteiger partial charge in [-0.3, -0.25) is 14.2 Å². The zero-order chi connectivity index (χ0) is 22.7. The highest BCUT2D eigenvalue weighted by Gasteiger charge is 2.34. The molecule has 1 unspecified atom stereocenters. The van der Waals surface area contributed by atoms with Gasteiger partial charge in [0, 0.05) is 11.3 Å². The fourth-order valence-corrected chi connectivity index (χ4v) is 6.37. The molecule has 0 fully saturated rings. The van der Waals surface area contributed by atoms with Crippen LogP contribution >= 0.6 is 19.4 Å². The maximum absolute atomic E-state index is 13.0. The van der Waals surface area contributed by atoms with Crippen LogP contribution in [0, 0.1) is 0 Å². The van der Waals surface area contributed by atoms with Gasteiger partial charge in [0.15, 0.2) is 17.3 Å². The quantitative estimate of drug-likeness (QED) is 0.542. The number of amides is 1. The highest BCUT2D eigenvalue weighted by atomic mass is 32.2. The number of carbonyl (C=O) groups is 2.